The van der Waals surface area contributed by atoms with Crippen molar-refractivity contribution in [3.05, 3.63) is 47.5 Å². The van der Waals surface area contributed by atoms with E-state index in [0.717, 1.165) is 48.0 Å². The molecule has 2 N–H and O–H groups in total. The molecule has 2 aliphatic heterocycles. The summed E-state index contributed by atoms with van der Waals surface area (Å²) in [6.45, 7) is 5.92. The van der Waals surface area contributed by atoms with Gasteiger partial charge in [-0.1, -0.05) is 37.5 Å². The van der Waals surface area contributed by atoms with Gasteiger partial charge in [0.15, 0.2) is 0 Å². The highest BCUT2D eigenvalue weighted by Crippen LogP contribution is 2.54. The van der Waals surface area contributed by atoms with Crippen LogP contribution in [0, 0.1) is 0 Å². The molecule has 0 bridgehead atoms. The quantitative estimate of drug-likeness (QED) is 0.319. The topological polar surface area (TPSA) is 91.4 Å². The van der Waals surface area contributed by atoms with Crippen LogP contribution in [0.15, 0.2) is 41.3 Å². The molecule has 2 aromatic carbocycles. The summed E-state index contributed by atoms with van der Waals surface area (Å²) in [5.41, 5.74) is 1.29. The first-order valence-corrected chi connectivity index (χ1v) is 13.3. The van der Waals surface area contributed by atoms with Crippen molar-refractivity contribution in [3.8, 4) is 16.9 Å². The highest BCUT2D eigenvalue weighted by molar-refractivity contribution is 7.89. The number of carbonyl (C=O) groups excluding carboxylic acids is 1. The minimum absolute atomic E-state index is 0.0640. The van der Waals surface area contributed by atoms with Crippen molar-refractivity contribution in [2.45, 2.75) is 75.5 Å². The number of rotatable bonds is 4. The lowest BCUT2D eigenvalue weighted by atomic mass is 9.82. The number of sulfonamides is 1. The Balaban J connectivity index is 0.000000384. The summed E-state index contributed by atoms with van der Waals surface area (Å²) in [7, 11) is -4.22. The van der Waals surface area contributed by atoms with E-state index in [-0.39, 0.29) is 27.5 Å². The van der Waals surface area contributed by atoms with Crippen LogP contribution in [0.5, 0.6) is 0 Å². The number of nitrogens with two attached hydrogens (primary N) is 1. The maximum Gasteiger partial charge on any atom is 0.416 e. The lowest BCUT2D eigenvalue weighted by molar-refractivity contribution is -0.139. The van der Waals surface area contributed by atoms with Crippen molar-refractivity contribution in [1.29, 1.82) is 0 Å². The van der Waals surface area contributed by atoms with Crippen LogP contribution in [0.2, 0.25) is 0 Å². The van der Waals surface area contributed by atoms with Crippen molar-refractivity contribution in [2.24, 2.45) is 5.14 Å². The molecule has 194 valence electrons. The number of aromatic nitrogens is 1. The first-order chi connectivity index (χ1) is 16.7. The average Bonchev–Trinajstić information content (AvgIpc) is 3.44. The minimum atomic E-state index is -4.57. The van der Waals surface area contributed by atoms with Crippen LogP contribution >= 0.6 is 0 Å². The molecule has 6 nitrogen and oxygen atoms in total. The van der Waals surface area contributed by atoms with Gasteiger partial charge in [0.25, 0.3) is 6.47 Å². The van der Waals surface area contributed by atoms with Gasteiger partial charge < -0.3 is 9.30 Å². The summed E-state index contributed by atoms with van der Waals surface area (Å²) in [5, 5.41) is 6.47. The second kappa shape index (κ2) is 9.23. The van der Waals surface area contributed by atoms with Crippen molar-refractivity contribution >= 4 is 27.4 Å². The standard InChI is InChI=1S/C21H19F3N2O2S.C5H10O2/c22-21(23,24)13-10-15(12-6-2-1-3-7-12)20(29(25,27)28)16(11-13)19-18-14-8-4-5-9-17(14)26(18)19;1-5(2,3)7-4-6/h4-5,8-12H,1-3,6-7H2,(H2,25,27,28);4H,1-3H3. The van der Waals surface area contributed by atoms with Crippen molar-refractivity contribution in [3.63, 3.8) is 0 Å². The van der Waals surface area contributed by atoms with E-state index < -0.39 is 21.8 Å². The molecule has 5 rings (SSSR count). The molecule has 0 spiro atoms. The summed E-state index contributed by atoms with van der Waals surface area (Å²) >= 11 is 0. The SMILES string of the molecule is CC(C)(C)OC=O.NS(=O)(=O)c1c(-c2c3c4ccccc4n2-3)cc(C(F)(F)F)cc1C1CCCCC1. The first-order valence-electron chi connectivity index (χ1n) is 11.8. The van der Waals surface area contributed by atoms with Gasteiger partial charge >= 0.3 is 6.18 Å². The molecule has 1 fully saturated rings. The Morgan fingerprint density at radius 2 is 1.69 bits per heavy atom. The third-order valence-corrected chi connectivity index (χ3v) is 7.48. The van der Waals surface area contributed by atoms with Gasteiger partial charge in [0.1, 0.15) is 5.60 Å². The highest BCUT2D eigenvalue weighted by atomic mass is 32.2. The minimum Gasteiger partial charge on any atom is -0.462 e. The van der Waals surface area contributed by atoms with Gasteiger partial charge in [0.2, 0.25) is 10.0 Å². The molecule has 2 aromatic rings. The van der Waals surface area contributed by atoms with Crippen LogP contribution in [0.1, 0.15) is 69.9 Å². The zero-order valence-corrected chi connectivity index (χ0v) is 21.2. The lowest BCUT2D eigenvalue weighted by Gasteiger charge is -2.25. The number of hydrogen-bond donors (Lipinski definition) is 1. The van der Waals surface area contributed by atoms with Crippen LogP contribution in [0.4, 0.5) is 13.2 Å². The summed E-state index contributed by atoms with van der Waals surface area (Å²) in [6.07, 6.45) is -0.502. The van der Waals surface area contributed by atoms with Gasteiger partial charge in [-0.25, -0.2) is 13.6 Å². The molecular formula is C26H29F3N2O4S. The van der Waals surface area contributed by atoms with E-state index in [0.29, 0.717) is 25.0 Å². The van der Waals surface area contributed by atoms with Crippen LogP contribution in [0.3, 0.4) is 0 Å². The van der Waals surface area contributed by atoms with Crippen LogP contribution < -0.4 is 5.14 Å². The van der Waals surface area contributed by atoms with Crippen molar-refractivity contribution in [2.75, 3.05) is 0 Å². The Morgan fingerprint density at radius 1 is 1.06 bits per heavy atom. The normalized spacial score (nSPS) is 15.9. The summed E-state index contributed by atoms with van der Waals surface area (Å²) < 4.78 is 72.6. The number of ether oxygens (including phenoxy) is 1. The molecule has 36 heavy (non-hydrogen) atoms. The summed E-state index contributed by atoms with van der Waals surface area (Å²) in [5.74, 6) is -0.238. The van der Waals surface area contributed by atoms with Gasteiger partial charge in [-0.3, -0.25) is 4.79 Å². The summed E-state index contributed by atoms with van der Waals surface area (Å²) in [6, 6.07) is 9.36. The molecule has 10 heteroatoms. The number of carbonyl (C=O) groups is 1. The molecule has 0 saturated heterocycles. The number of alkyl halides is 3. The molecule has 0 radical (unpaired) electrons. The number of nitrogens with zero attached hydrogens (tertiary/aromatic N) is 1. The molecule has 0 unspecified atom stereocenters. The number of para-hydroxylation sites is 1. The van der Waals surface area contributed by atoms with Crippen LogP contribution in [-0.4, -0.2) is 25.1 Å². The molecule has 3 aliphatic rings. The predicted octanol–water partition coefficient (Wildman–Crippen LogP) is 6.28. The van der Waals surface area contributed by atoms with E-state index in [1.165, 1.54) is 0 Å². The number of halogens is 3. The molecule has 1 aliphatic carbocycles. The Morgan fingerprint density at radius 3 is 2.19 bits per heavy atom. The number of benzene rings is 2. The molecule has 0 atom stereocenters. The van der Waals surface area contributed by atoms with Crippen molar-refractivity contribution < 1.29 is 31.1 Å². The first kappa shape index (κ1) is 26.2. The third kappa shape index (κ3) is 5.15. The smallest absolute Gasteiger partial charge is 0.416 e. The molecular weight excluding hydrogens is 493 g/mol. The average molecular weight is 523 g/mol. The second-order valence-corrected chi connectivity index (χ2v) is 11.7. The number of fused-ring (bicyclic) bond motifs is 4. The van der Waals surface area contributed by atoms with E-state index >= 15 is 0 Å². The van der Waals surface area contributed by atoms with Gasteiger partial charge in [0, 0.05) is 10.9 Å². The molecule has 0 aromatic heterocycles. The Labute approximate surface area is 208 Å². The number of primary sulfonamides is 1. The van der Waals surface area contributed by atoms with Crippen LogP contribution in [0.25, 0.3) is 27.8 Å². The van der Waals surface area contributed by atoms with Gasteiger partial charge in [-0.15, -0.1) is 0 Å². The van der Waals surface area contributed by atoms with Gasteiger partial charge in [-0.2, -0.15) is 13.2 Å². The zero-order chi connectivity index (χ0) is 26.5. The highest BCUT2D eigenvalue weighted by Gasteiger charge is 2.41. The van der Waals surface area contributed by atoms with Crippen molar-refractivity contribution in [1.82, 2.24) is 4.57 Å². The fraction of sp³-hybridized carbons (Fsp3) is 0.423. The second-order valence-electron chi connectivity index (χ2n) is 10.2. The number of hydrogen-bond acceptors (Lipinski definition) is 4. The van der Waals surface area contributed by atoms with Gasteiger partial charge in [0.05, 0.1) is 27.4 Å². The monoisotopic (exact) mass is 522 g/mol. The fourth-order valence-corrected chi connectivity index (χ4v) is 5.90. The van der Waals surface area contributed by atoms with E-state index in [9.17, 15) is 26.4 Å². The largest absolute Gasteiger partial charge is 0.462 e. The Bertz CT molecular complexity index is 1370. The van der Waals surface area contributed by atoms with E-state index in [1.807, 2.05) is 45.0 Å². The molecule has 0 amide bonds. The van der Waals surface area contributed by atoms with Gasteiger partial charge in [-0.05, 0) is 63.3 Å². The lowest BCUT2D eigenvalue weighted by Crippen LogP contribution is -2.20. The maximum atomic E-state index is 13.7. The predicted molar refractivity (Wildman–Crippen MR) is 131 cm³/mol. The molecule has 2 heterocycles. The van der Waals surface area contributed by atoms with E-state index in [4.69, 9.17) is 5.14 Å². The summed E-state index contributed by atoms with van der Waals surface area (Å²) in [4.78, 5) is 9.45. The Kier molecular flexibility index (Phi) is 6.72. The molecule has 1 saturated carbocycles. The fourth-order valence-electron chi connectivity index (χ4n) is 4.89. The van der Waals surface area contributed by atoms with E-state index in [1.54, 1.807) is 4.57 Å². The van der Waals surface area contributed by atoms with Crippen LogP contribution in [-0.2, 0) is 25.7 Å². The maximum absolute atomic E-state index is 13.7. The van der Waals surface area contributed by atoms with E-state index in [2.05, 4.69) is 4.74 Å². The Hall–Kier alpha value is -2.85. The zero-order valence-electron chi connectivity index (χ0n) is 20.4. The third-order valence-electron chi connectivity index (χ3n) is 6.45.